The standard InChI is InChI=1S/C28H36N4O3/c1-35-25-8-9-27-26(16-25)23(11-13-31-27)6-2-5-22-12-15-32(19-24(22)7-10-28(33)34)14-3-4-21-17-29-20-30-18-21/h8-9,11,13,16-18,20,22,24H,2-7,10,12,14-15,19H2,1H3,(H,33,34). The number of carbonyl (C=O) groups is 1. The Labute approximate surface area is 207 Å². The number of nitrogens with zero attached hydrogens (tertiary/aromatic N) is 4. The number of methoxy groups -OCH3 is 1. The number of aryl methyl sites for hydroxylation is 2. The Hall–Kier alpha value is -3.06. The van der Waals surface area contributed by atoms with Gasteiger partial charge in [0.25, 0.3) is 0 Å². The third kappa shape index (κ3) is 7.21. The van der Waals surface area contributed by atoms with Crippen LogP contribution in [0.4, 0.5) is 0 Å². The minimum absolute atomic E-state index is 0.255. The summed E-state index contributed by atoms with van der Waals surface area (Å²) in [6.45, 7) is 3.13. The monoisotopic (exact) mass is 476 g/mol. The number of aromatic nitrogens is 3. The predicted octanol–water partition coefficient (Wildman–Crippen LogP) is 4.79. The SMILES string of the molecule is COc1ccc2nccc(CCCC3CCN(CCCc4cncnc4)CC3CCC(=O)O)c2c1. The molecule has 0 aliphatic carbocycles. The van der Waals surface area contributed by atoms with Gasteiger partial charge in [-0.05, 0) is 105 Å². The average Bonchev–Trinajstić information content (AvgIpc) is 2.88. The molecule has 7 heteroatoms. The predicted molar refractivity (Wildman–Crippen MR) is 136 cm³/mol. The largest absolute Gasteiger partial charge is 0.497 e. The summed E-state index contributed by atoms with van der Waals surface area (Å²) in [5.41, 5.74) is 3.47. The number of rotatable bonds is 12. The van der Waals surface area contributed by atoms with Crippen molar-refractivity contribution in [1.82, 2.24) is 19.9 Å². The molecule has 1 aromatic carbocycles. The lowest BCUT2D eigenvalue weighted by molar-refractivity contribution is -0.137. The van der Waals surface area contributed by atoms with E-state index in [1.807, 2.05) is 30.7 Å². The molecule has 1 fully saturated rings. The van der Waals surface area contributed by atoms with Crippen LogP contribution < -0.4 is 4.74 Å². The van der Waals surface area contributed by atoms with Gasteiger partial charge < -0.3 is 14.7 Å². The number of aliphatic carboxylic acids is 1. The fraction of sp³-hybridized carbons (Fsp3) is 0.500. The minimum Gasteiger partial charge on any atom is -0.497 e. The first-order valence-electron chi connectivity index (χ1n) is 12.7. The van der Waals surface area contributed by atoms with Crippen LogP contribution in [0.3, 0.4) is 0 Å². The maximum atomic E-state index is 11.3. The average molecular weight is 477 g/mol. The first-order valence-corrected chi connectivity index (χ1v) is 12.7. The quantitative estimate of drug-likeness (QED) is 0.402. The number of likely N-dealkylation sites (tertiary alicyclic amines) is 1. The number of piperidine rings is 1. The van der Waals surface area contributed by atoms with Crippen LogP contribution in [0.15, 0.2) is 49.2 Å². The molecule has 1 N–H and O–H groups in total. The molecule has 0 saturated carbocycles. The Kier molecular flexibility index (Phi) is 9.01. The van der Waals surface area contributed by atoms with Crippen LogP contribution in [0.2, 0.25) is 0 Å². The molecule has 4 rings (SSSR count). The summed E-state index contributed by atoms with van der Waals surface area (Å²) in [6.07, 6.45) is 14.7. The van der Waals surface area contributed by atoms with Crippen LogP contribution >= 0.6 is 0 Å². The molecule has 1 aliphatic heterocycles. The van der Waals surface area contributed by atoms with E-state index in [0.717, 1.165) is 81.2 Å². The number of benzene rings is 1. The van der Waals surface area contributed by atoms with Crippen molar-refractivity contribution in [2.24, 2.45) is 11.8 Å². The van der Waals surface area contributed by atoms with E-state index in [1.54, 1.807) is 13.4 Å². The Balaban J connectivity index is 1.31. The zero-order valence-electron chi connectivity index (χ0n) is 20.6. The van der Waals surface area contributed by atoms with Crippen LogP contribution in [0.5, 0.6) is 5.75 Å². The Morgan fingerprint density at radius 1 is 1.11 bits per heavy atom. The molecule has 35 heavy (non-hydrogen) atoms. The maximum absolute atomic E-state index is 11.3. The van der Waals surface area contributed by atoms with E-state index in [0.29, 0.717) is 11.8 Å². The van der Waals surface area contributed by atoms with Crippen molar-refractivity contribution in [3.8, 4) is 5.75 Å². The van der Waals surface area contributed by atoms with Crippen molar-refractivity contribution >= 4 is 16.9 Å². The van der Waals surface area contributed by atoms with Crippen molar-refractivity contribution in [3.05, 3.63) is 60.3 Å². The molecule has 7 nitrogen and oxygen atoms in total. The number of carboxylic acid groups (broad SMARTS) is 1. The van der Waals surface area contributed by atoms with Gasteiger partial charge in [-0.1, -0.05) is 0 Å². The number of carboxylic acids is 1. The lowest BCUT2D eigenvalue weighted by atomic mass is 9.79. The van der Waals surface area contributed by atoms with Crippen LogP contribution in [0, 0.1) is 11.8 Å². The molecule has 3 aromatic rings. The van der Waals surface area contributed by atoms with Crippen LogP contribution in [0.1, 0.15) is 49.7 Å². The fourth-order valence-corrected chi connectivity index (χ4v) is 5.42. The van der Waals surface area contributed by atoms with Gasteiger partial charge in [-0.2, -0.15) is 0 Å². The lowest BCUT2D eigenvalue weighted by Gasteiger charge is -2.39. The fourth-order valence-electron chi connectivity index (χ4n) is 5.42. The molecule has 2 atom stereocenters. The third-order valence-electron chi connectivity index (χ3n) is 7.32. The van der Waals surface area contributed by atoms with E-state index >= 15 is 0 Å². The molecular weight excluding hydrogens is 440 g/mol. The number of hydrogen-bond donors (Lipinski definition) is 1. The highest BCUT2D eigenvalue weighted by atomic mass is 16.5. The normalized spacial score (nSPS) is 18.5. The Morgan fingerprint density at radius 3 is 2.77 bits per heavy atom. The lowest BCUT2D eigenvalue weighted by Crippen LogP contribution is -2.41. The van der Waals surface area contributed by atoms with Gasteiger partial charge in [-0.15, -0.1) is 0 Å². The van der Waals surface area contributed by atoms with Crippen LogP contribution in [-0.4, -0.2) is 57.7 Å². The van der Waals surface area contributed by atoms with Gasteiger partial charge in [0.2, 0.25) is 0 Å². The van der Waals surface area contributed by atoms with Gasteiger partial charge in [-0.25, -0.2) is 9.97 Å². The molecule has 1 saturated heterocycles. The number of pyridine rings is 1. The summed E-state index contributed by atoms with van der Waals surface area (Å²) in [6, 6.07) is 8.16. The van der Waals surface area contributed by atoms with Gasteiger partial charge in [0.1, 0.15) is 12.1 Å². The van der Waals surface area contributed by atoms with E-state index in [9.17, 15) is 9.90 Å². The molecule has 0 radical (unpaired) electrons. The van der Waals surface area contributed by atoms with E-state index < -0.39 is 5.97 Å². The van der Waals surface area contributed by atoms with E-state index in [1.165, 1.54) is 11.1 Å². The van der Waals surface area contributed by atoms with E-state index in [4.69, 9.17) is 4.74 Å². The first kappa shape index (κ1) is 25.0. The molecule has 0 spiro atoms. The van der Waals surface area contributed by atoms with E-state index in [2.05, 4.69) is 32.0 Å². The van der Waals surface area contributed by atoms with Crippen molar-refractivity contribution in [3.63, 3.8) is 0 Å². The van der Waals surface area contributed by atoms with E-state index in [-0.39, 0.29) is 6.42 Å². The van der Waals surface area contributed by atoms with Gasteiger partial charge in [0, 0.05) is 36.9 Å². The molecule has 3 heterocycles. The second-order valence-electron chi connectivity index (χ2n) is 9.64. The van der Waals surface area contributed by atoms with Crippen molar-refractivity contribution in [2.75, 3.05) is 26.7 Å². The summed E-state index contributed by atoms with van der Waals surface area (Å²) in [5.74, 6) is 1.18. The minimum atomic E-state index is -0.692. The number of hydrogen-bond acceptors (Lipinski definition) is 6. The summed E-state index contributed by atoms with van der Waals surface area (Å²) >= 11 is 0. The highest BCUT2D eigenvalue weighted by Crippen LogP contribution is 2.32. The van der Waals surface area contributed by atoms with Gasteiger partial charge in [0.05, 0.1) is 12.6 Å². The molecule has 0 bridgehead atoms. The van der Waals surface area contributed by atoms with Crippen LogP contribution in [-0.2, 0) is 17.6 Å². The molecule has 1 aliphatic rings. The second-order valence-corrected chi connectivity index (χ2v) is 9.64. The molecule has 0 amide bonds. The zero-order chi connectivity index (χ0) is 24.5. The number of ether oxygens (including phenoxy) is 1. The Morgan fingerprint density at radius 2 is 1.97 bits per heavy atom. The topological polar surface area (TPSA) is 88.4 Å². The second kappa shape index (κ2) is 12.6. The smallest absolute Gasteiger partial charge is 0.303 e. The third-order valence-corrected chi connectivity index (χ3v) is 7.32. The Bertz CT molecular complexity index is 1090. The van der Waals surface area contributed by atoms with Crippen molar-refractivity contribution in [2.45, 2.75) is 51.4 Å². The molecule has 2 unspecified atom stereocenters. The van der Waals surface area contributed by atoms with Crippen molar-refractivity contribution < 1.29 is 14.6 Å². The highest BCUT2D eigenvalue weighted by molar-refractivity contribution is 5.83. The highest BCUT2D eigenvalue weighted by Gasteiger charge is 2.29. The van der Waals surface area contributed by atoms with Crippen molar-refractivity contribution in [1.29, 1.82) is 0 Å². The first-order chi connectivity index (χ1) is 17.1. The molecular formula is C28H36N4O3. The summed E-state index contributed by atoms with van der Waals surface area (Å²) in [7, 11) is 1.69. The van der Waals surface area contributed by atoms with Gasteiger partial charge >= 0.3 is 5.97 Å². The van der Waals surface area contributed by atoms with Crippen LogP contribution in [0.25, 0.3) is 10.9 Å². The summed E-state index contributed by atoms with van der Waals surface area (Å²) < 4.78 is 5.41. The van der Waals surface area contributed by atoms with Gasteiger partial charge in [-0.3, -0.25) is 9.78 Å². The molecule has 186 valence electrons. The van der Waals surface area contributed by atoms with Gasteiger partial charge in [0.15, 0.2) is 0 Å². The molecule has 2 aromatic heterocycles. The zero-order valence-corrected chi connectivity index (χ0v) is 20.6. The summed E-state index contributed by atoms with van der Waals surface area (Å²) in [4.78, 5) is 26.5. The number of fused-ring (bicyclic) bond motifs is 1. The maximum Gasteiger partial charge on any atom is 0.303 e. The summed E-state index contributed by atoms with van der Waals surface area (Å²) in [5, 5.41) is 10.5.